The van der Waals surface area contributed by atoms with E-state index in [4.69, 9.17) is 9.47 Å². The van der Waals surface area contributed by atoms with E-state index in [2.05, 4.69) is 0 Å². The first-order valence-corrected chi connectivity index (χ1v) is 10.1. The SMILES string of the molecule is COc1ccc(N2C(=O)SC(CC(=O)N(CCO)c3ccccc3)C2=O)c(OC)c1. The topological polar surface area (TPSA) is 96.4 Å². The van der Waals surface area contributed by atoms with Crippen molar-refractivity contribution in [3.05, 3.63) is 48.5 Å². The smallest absolute Gasteiger partial charge is 0.293 e. The minimum absolute atomic E-state index is 0.0956. The van der Waals surface area contributed by atoms with Crippen molar-refractivity contribution in [1.82, 2.24) is 0 Å². The van der Waals surface area contributed by atoms with Crippen LogP contribution in [0.3, 0.4) is 0 Å². The van der Waals surface area contributed by atoms with E-state index in [9.17, 15) is 19.5 Å². The van der Waals surface area contributed by atoms with Gasteiger partial charge in [-0.1, -0.05) is 18.2 Å². The zero-order valence-corrected chi connectivity index (χ0v) is 17.4. The van der Waals surface area contributed by atoms with Crippen LogP contribution in [0.5, 0.6) is 11.5 Å². The minimum atomic E-state index is -0.860. The number of amides is 3. The summed E-state index contributed by atoms with van der Waals surface area (Å²) in [5.41, 5.74) is 0.915. The first kappa shape index (κ1) is 21.7. The molecule has 1 aliphatic rings. The van der Waals surface area contributed by atoms with Gasteiger partial charge in [0.05, 0.1) is 26.5 Å². The number of aliphatic hydroxyl groups is 1. The number of carbonyl (C=O) groups excluding carboxylic acids is 3. The maximum atomic E-state index is 13.0. The molecule has 0 bridgehead atoms. The lowest BCUT2D eigenvalue weighted by molar-refractivity contribution is -0.122. The molecule has 1 fully saturated rings. The number of thioether (sulfide) groups is 1. The van der Waals surface area contributed by atoms with Gasteiger partial charge in [-0.05, 0) is 36.0 Å². The lowest BCUT2D eigenvalue weighted by atomic mass is 10.2. The van der Waals surface area contributed by atoms with Crippen LogP contribution in [0.1, 0.15) is 6.42 Å². The summed E-state index contributed by atoms with van der Waals surface area (Å²) in [5.74, 6) is 0.00248. The van der Waals surface area contributed by atoms with Crippen molar-refractivity contribution in [1.29, 1.82) is 0 Å². The third kappa shape index (κ3) is 4.42. The van der Waals surface area contributed by atoms with E-state index in [1.54, 1.807) is 42.5 Å². The van der Waals surface area contributed by atoms with Crippen LogP contribution in [-0.4, -0.2) is 54.8 Å². The predicted octanol–water partition coefficient (Wildman–Crippen LogP) is 2.69. The molecule has 8 nitrogen and oxygen atoms in total. The third-order valence-electron chi connectivity index (χ3n) is 4.60. The summed E-state index contributed by atoms with van der Waals surface area (Å²) in [7, 11) is 2.94. The van der Waals surface area contributed by atoms with Crippen LogP contribution in [0.25, 0.3) is 0 Å². The summed E-state index contributed by atoms with van der Waals surface area (Å²) in [5, 5.41) is 8.00. The van der Waals surface area contributed by atoms with Crippen molar-refractivity contribution < 1.29 is 29.0 Å². The van der Waals surface area contributed by atoms with Gasteiger partial charge in [0.2, 0.25) is 11.8 Å². The Morgan fingerprint density at radius 3 is 2.50 bits per heavy atom. The summed E-state index contributed by atoms with van der Waals surface area (Å²) >= 11 is 0.805. The fraction of sp³-hybridized carbons (Fsp3) is 0.286. The predicted molar refractivity (Wildman–Crippen MR) is 114 cm³/mol. The molecule has 0 radical (unpaired) electrons. The van der Waals surface area contributed by atoms with Crippen molar-refractivity contribution >= 4 is 40.2 Å². The lowest BCUT2D eigenvalue weighted by Crippen LogP contribution is -2.38. The number of benzene rings is 2. The Kier molecular flexibility index (Phi) is 6.96. The fourth-order valence-electron chi connectivity index (χ4n) is 3.15. The molecule has 2 aromatic carbocycles. The van der Waals surface area contributed by atoms with Gasteiger partial charge in [0.15, 0.2) is 0 Å². The number of carbonyl (C=O) groups is 3. The standard InChI is InChI=1S/C21H22N2O6S/c1-28-15-8-9-16(17(12-15)29-2)23-20(26)18(30-21(23)27)13-19(25)22(10-11-24)14-6-4-3-5-7-14/h3-9,12,18,24H,10-11,13H2,1-2H3. The molecule has 0 aromatic heterocycles. The van der Waals surface area contributed by atoms with Crippen LogP contribution in [0.4, 0.5) is 16.2 Å². The van der Waals surface area contributed by atoms with E-state index < -0.39 is 16.4 Å². The molecule has 0 aliphatic carbocycles. The number of rotatable bonds is 8. The van der Waals surface area contributed by atoms with Crippen molar-refractivity contribution in [2.45, 2.75) is 11.7 Å². The number of aliphatic hydroxyl groups excluding tert-OH is 1. The number of hydrogen-bond donors (Lipinski definition) is 1. The summed E-state index contributed by atoms with van der Waals surface area (Å²) in [4.78, 5) is 40.9. The zero-order chi connectivity index (χ0) is 21.7. The molecule has 3 amide bonds. The van der Waals surface area contributed by atoms with Crippen molar-refractivity contribution in [2.75, 3.05) is 37.2 Å². The van der Waals surface area contributed by atoms with E-state index in [0.29, 0.717) is 22.9 Å². The van der Waals surface area contributed by atoms with Crippen LogP contribution < -0.4 is 19.3 Å². The third-order valence-corrected chi connectivity index (χ3v) is 5.64. The molecule has 2 aromatic rings. The van der Waals surface area contributed by atoms with Gasteiger partial charge in [0, 0.05) is 24.7 Å². The first-order chi connectivity index (χ1) is 14.5. The molecule has 1 saturated heterocycles. The van der Waals surface area contributed by atoms with Crippen molar-refractivity contribution in [2.24, 2.45) is 0 Å². The molecule has 158 valence electrons. The van der Waals surface area contributed by atoms with Gasteiger partial charge in [-0.3, -0.25) is 14.4 Å². The van der Waals surface area contributed by atoms with E-state index in [1.165, 1.54) is 19.1 Å². The van der Waals surface area contributed by atoms with E-state index >= 15 is 0 Å². The van der Waals surface area contributed by atoms with Crippen LogP contribution in [0.15, 0.2) is 48.5 Å². The summed E-state index contributed by atoms with van der Waals surface area (Å²) < 4.78 is 10.5. The first-order valence-electron chi connectivity index (χ1n) is 9.23. The van der Waals surface area contributed by atoms with Gasteiger partial charge in [-0.15, -0.1) is 0 Å². The second kappa shape index (κ2) is 9.64. The highest BCUT2D eigenvalue weighted by atomic mass is 32.2. The van der Waals surface area contributed by atoms with Gasteiger partial charge in [0.25, 0.3) is 5.24 Å². The van der Waals surface area contributed by atoms with Crippen molar-refractivity contribution in [3.8, 4) is 11.5 Å². The molecule has 1 N–H and O–H groups in total. The van der Waals surface area contributed by atoms with E-state index in [-0.39, 0.29) is 25.5 Å². The van der Waals surface area contributed by atoms with Crippen LogP contribution in [0, 0.1) is 0 Å². The quantitative estimate of drug-likeness (QED) is 0.688. The summed E-state index contributed by atoms with van der Waals surface area (Å²) in [6.45, 7) is -0.126. The maximum absolute atomic E-state index is 13.0. The monoisotopic (exact) mass is 430 g/mol. The number of nitrogens with zero attached hydrogens (tertiary/aromatic N) is 2. The molecule has 0 saturated carbocycles. The van der Waals surface area contributed by atoms with Gasteiger partial charge < -0.3 is 19.5 Å². The molecule has 3 rings (SSSR count). The van der Waals surface area contributed by atoms with Crippen molar-refractivity contribution in [3.63, 3.8) is 0 Å². The molecule has 1 heterocycles. The molecular weight excluding hydrogens is 408 g/mol. The van der Waals surface area contributed by atoms with E-state index in [0.717, 1.165) is 16.7 Å². The minimum Gasteiger partial charge on any atom is -0.497 e. The highest BCUT2D eigenvalue weighted by molar-refractivity contribution is 8.15. The largest absolute Gasteiger partial charge is 0.497 e. The number of para-hydroxylation sites is 1. The second-order valence-electron chi connectivity index (χ2n) is 6.39. The van der Waals surface area contributed by atoms with Crippen LogP contribution in [0.2, 0.25) is 0 Å². The van der Waals surface area contributed by atoms with Crippen LogP contribution >= 0.6 is 11.8 Å². The normalized spacial score (nSPS) is 16.0. The van der Waals surface area contributed by atoms with Crippen LogP contribution in [-0.2, 0) is 9.59 Å². The maximum Gasteiger partial charge on any atom is 0.293 e. The number of imide groups is 1. The fourth-order valence-corrected chi connectivity index (χ4v) is 4.12. The zero-order valence-electron chi connectivity index (χ0n) is 16.6. The Bertz CT molecular complexity index is 936. The average molecular weight is 430 g/mol. The number of ether oxygens (including phenoxy) is 2. The second-order valence-corrected chi connectivity index (χ2v) is 7.55. The molecule has 1 unspecified atom stereocenters. The Balaban J connectivity index is 1.80. The van der Waals surface area contributed by atoms with Gasteiger partial charge in [-0.25, -0.2) is 4.90 Å². The molecule has 1 aliphatic heterocycles. The highest BCUT2D eigenvalue weighted by Crippen LogP contribution is 2.39. The molecule has 9 heteroatoms. The number of methoxy groups -OCH3 is 2. The number of anilines is 2. The Labute approximate surface area is 178 Å². The number of hydrogen-bond acceptors (Lipinski definition) is 7. The molecule has 0 spiro atoms. The summed E-state index contributed by atoms with van der Waals surface area (Å²) in [6, 6.07) is 13.7. The molecule has 1 atom stereocenters. The highest BCUT2D eigenvalue weighted by Gasteiger charge is 2.43. The van der Waals surface area contributed by atoms with Gasteiger partial charge >= 0.3 is 0 Å². The van der Waals surface area contributed by atoms with Gasteiger partial charge in [-0.2, -0.15) is 0 Å². The Morgan fingerprint density at radius 1 is 1.13 bits per heavy atom. The van der Waals surface area contributed by atoms with E-state index in [1.807, 2.05) is 6.07 Å². The van der Waals surface area contributed by atoms with Gasteiger partial charge in [0.1, 0.15) is 16.7 Å². The molecular formula is C21H22N2O6S. The Morgan fingerprint density at radius 2 is 1.87 bits per heavy atom. The lowest BCUT2D eigenvalue weighted by Gasteiger charge is -2.23. The Hall–Kier alpha value is -3.04. The molecule has 30 heavy (non-hydrogen) atoms. The average Bonchev–Trinajstić information content (AvgIpc) is 3.04. The summed E-state index contributed by atoms with van der Waals surface area (Å²) in [6.07, 6.45) is -0.168.